The fraction of sp³-hybridized carbons (Fsp3) is 0.352. The van der Waals surface area contributed by atoms with Gasteiger partial charge in [-0.1, -0.05) is 175 Å². The molecule has 6 unspecified atom stereocenters. The maximum Gasteiger partial charge on any atom is 0.394 e. The molecule has 20 nitrogen and oxygen atoms in total. The number of hydrogen-bond acceptors (Lipinski definition) is 18. The average molecular weight is 1980 g/mol. The molecular weight excluding hydrogens is 1870 g/mol. The van der Waals surface area contributed by atoms with Gasteiger partial charge in [-0.3, -0.25) is 49.5 Å². The number of aliphatic carboxylic acids is 1. The summed E-state index contributed by atoms with van der Waals surface area (Å²) in [6, 6.07) is 66.5. The van der Waals surface area contributed by atoms with Crippen LogP contribution in [0.4, 0.5) is 30.7 Å². The summed E-state index contributed by atoms with van der Waals surface area (Å²) in [5.74, 6) is -0.197. The fourth-order valence-electron chi connectivity index (χ4n) is 19.8. The van der Waals surface area contributed by atoms with Gasteiger partial charge in [0, 0.05) is 173 Å². The number of carboxylic acids is 1. The molecular formula is C105H104Cl5F7N9O11+. The SMILES string of the molecule is C.CC(F)(F)Oc1ccc(C(C(=O)O)N2CCC3(CC2)OC(c2cc(Cl)cc(Cl)c2)c2cccnc23)cc1.CC(F)(F)Oc1ccc(CN2CCC3(CC2)OC(c2cc(Cl)cc[n+]2O)c2ccccc23)cc1.CC(F)(F)Oc1ccc(CN2CCC3(CC2)OC(c2cc(Cl)ccn2)c2ccccc23)cc1.CC(F)Oc1ccc(CN2CCC3(CC2)OC(c2cc(Cl)ccn2)c2cccnc23)cc1. The van der Waals surface area contributed by atoms with Crippen molar-refractivity contribution in [1.29, 1.82) is 0 Å². The van der Waals surface area contributed by atoms with E-state index in [-0.39, 0.29) is 42.5 Å². The van der Waals surface area contributed by atoms with E-state index < -0.39 is 65.7 Å². The molecule has 0 amide bonds. The van der Waals surface area contributed by atoms with E-state index in [0.717, 1.165) is 183 Å². The summed E-state index contributed by atoms with van der Waals surface area (Å²) in [5, 5.41) is 23.3. The summed E-state index contributed by atoms with van der Waals surface area (Å²) in [5.41, 5.74) is 13.4. The highest BCUT2D eigenvalue weighted by molar-refractivity contribution is 6.34. The highest BCUT2D eigenvalue weighted by Crippen LogP contribution is 2.56. The minimum atomic E-state index is -3.32. The summed E-state index contributed by atoms with van der Waals surface area (Å²) >= 11 is 31.1. The number of hydrogen-bond donors (Lipinski definition) is 2. The number of nitrogens with zero attached hydrogens (tertiary/aromatic N) is 9. The minimum Gasteiger partial charge on any atom is -0.480 e. The van der Waals surface area contributed by atoms with Crippen LogP contribution >= 0.6 is 58.0 Å². The normalized spacial score (nSPS) is 20.0. The van der Waals surface area contributed by atoms with Gasteiger partial charge in [0.2, 0.25) is 12.6 Å². The molecule has 13 heterocycles. The third kappa shape index (κ3) is 23.4. The van der Waals surface area contributed by atoms with Gasteiger partial charge in [-0.2, -0.15) is 26.3 Å². The maximum absolute atomic E-state index is 13.2. The number of halogens is 12. The highest BCUT2D eigenvalue weighted by Gasteiger charge is 2.54. The lowest BCUT2D eigenvalue weighted by Gasteiger charge is -2.41. The molecule has 0 radical (unpaired) electrons. The average Bonchev–Trinajstić information content (AvgIpc) is 1.60. The van der Waals surface area contributed by atoms with Crippen LogP contribution in [0.1, 0.15) is 207 Å². The predicted molar refractivity (Wildman–Crippen MR) is 506 cm³/mol. The van der Waals surface area contributed by atoms with E-state index in [0.29, 0.717) is 75.0 Å². The first-order valence-electron chi connectivity index (χ1n) is 45.0. The molecule has 8 aliphatic heterocycles. The van der Waals surface area contributed by atoms with Gasteiger partial charge in [0.05, 0.1) is 39.0 Å². The monoisotopic (exact) mass is 1970 g/mol. The van der Waals surface area contributed by atoms with Gasteiger partial charge in [0.1, 0.15) is 58.6 Å². The van der Waals surface area contributed by atoms with E-state index in [2.05, 4.69) is 74.2 Å². The number of benzene rings is 7. The van der Waals surface area contributed by atoms with Gasteiger partial charge in [-0.05, 0) is 205 Å². The highest BCUT2D eigenvalue weighted by atomic mass is 35.5. The number of aromatic nitrogens is 5. The summed E-state index contributed by atoms with van der Waals surface area (Å²) in [6.45, 7) is 11.8. The summed E-state index contributed by atoms with van der Waals surface area (Å²) < 4.78 is 138. The van der Waals surface area contributed by atoms with Gasteiger partial charge in [0.15, 0.2) is 6.10 Å². The first-order valence-corrected chi connectivity index (χ1v) is 46.9. The molecule has 12 aromatic rings. The Hall–Kier alpha value is -10.6. The second kappa shape index (κ2) is 41.8. The third-order valence-electron chi connectivity index (χ3n) is 25.9. The van der Waals surface area contributed by atoms with Crippen LogP contribution in [-0.4, -0.2) is 133 Å². The molecule has 32 heteroatoms. The Kier molecular flexibility index (Phi) is 30.4. The van der Waals surface area contributed by atoms with E-state index >= 15 is 0 Å². The molecule has 718 valence electrons. The Morgan fingerprint density at radius 3 is 1.23 bits per heavy atom. The number of rotatable bonds is 21. The number of ether oxygens (including phenoxy) is 8. The van der Waals surface area contributed by atoms with E-state index in [4.69, 9.17) is 86.7 Å². The topological polar surface area (TPSA) is 200 Å². The Balaban J connectivity index is 0.000000132. The van der Waals surface area contributed by atoms with Crippen LogP contribution in [0.25, 0.3) is 0 Å². The second-order valence-electron chi connectivity index (χ2n) is 35.6. The van der Waals surface area contributed by atoms with Crippen molar-refractivity contribution in [2.75, 3.05) is 52.4 Å². The van der Waals surface area contributed by atoms with Crippen molar-refractivity contribution >= 4 is 64.0 Å². The summed E-state index contributed by atoms with van der Waals surface area (Å²) in [7, 11) is 0. The molecule has 5 aromatic heterocycles. The van der Waals surface area contributed by atoms with Crippen molar-refractivity contribution in [3.05, 3.63) is 370 Å². The standard InChI is InChI=1S/C27H24Cl2F2N2O4.C26H26ClF2N2O3.C26H25ClF2N2O2.C25H25ClFN3O2.CH4/c1-26(30,31)36-20-6-4-16(5-7-20)22(25(34)35)33-11-8-27(9-12-33)24-21(3-2-10-32-24)23(37-27)17-13-18(28)15-19(29)14-17;1-25(28,29)33-20-8-6-18(7-9-20)17-30-14-11-26(12-15-30)22-5-3-2-4-21(22)24(34-26)23-16-19(27)10-13-31(23)32;1-25(28,29)32-20-8-6-18(7-9-20)17-31-14-11-26(12-15-31)22-5-3-2-4-21(22)24(33-26)23-16-19(27)10-13-30-23;1-17(27)31-20-6-4-18(5-7-20)16-30-13-9-25(10-14-30)24-21(3-2-11-29-24)23(32-25)22-15-19(26)8-12-28-22;/h2-7,10,13-15,22-23H,8-9,11-12H2,1H3,(H,34,35);2-10,13,16,24,32H,11-12,14-15,17H2,1H3;2-10,13,16,24H,11-12,14-15,17H2,1H3;2-8,11-12,15,17,23H,9-10,13-14,16H2,1H3;1H4/q;+1;;;. The number of carbonyl (C=O) groups is 1. The van der Waals surface area contributed by atoms with Crippen LogP contribution in [0.5, 0.6) is 23.0 Å². The lowest BCUT2D eigenvalue weighted by Crippen LogP contribution is -2.46. The van der Waals surface area contributed by atoms with Crippen molar-refractivity contribution in [2.45, 2.75) is 184 Å². The first kappa shape index (κ1) is 99.4. The predicted octanol–water partition coefficient (Wildman–Crippen LogP) is 24.5. The zero-order chi connectivity index (χ0) is 95.5. The van der Waals surface area contributed by atoms with Crippen molar-refractivity contribution in [1.82, 2.24) is 39.5 Å². The van der Waals surface area contributed by atoms with Crippen molar-refractivity contribution < 1.29 is 88.5 Å². The fourth-order valence-corrected chi connectivity index (χ4v) is 20.8. The molecule has 0 aliphatic carbocycles. The minimum absolute atomic E-state index is 0. The first-order chi connectivity index (χ1) is 65.1. The molecule has 4 spiro atoms. The molecule has 8 aliphatic rings. The van der Waals surface area contributed by atoms with Crippen LogP contribution in [0.15, 0.2) is 255 Å². The zero-order valence-corrected chi connectivity index (χ0v) is 78.6. The summed E-state index contributed by atoms with van der Waals surface area (Å²) in [4.78, 5) is 39.7. The number of fused-ring (bicyclic) bond motifs is 8. The van der Waals surface area contributed by atoms with E-state index in [9.17, 15) is 45.8 Å². The Labute approximate surface area is 816 Å². The maximum atomic E-state index is 13.2. The van der Waals surface area contributed by atoms with Crippen LogP contribution in [0, 0.1) is 0 Å². The quantitative estimate of drug-likeness (QED) is 0.0390. The van der Waals surface area contributed by atoms with Gasteiger partial charge in [0.25, 0.3) is 5.69 Å². The van der Waals surface area contributed by atoms with Crippen LogP contribution in [0.2, 0.25) is 25.1 Å². The number of carboxylic acid groups (broad SMARTS) is 1. The molecule has 6 atom stereocenters. The van der Waals surface area contributed by atoms with E-state index in [1.165, 1.54) is 48.5 Å². The zero-order valence-electron chi connectivity index (χ0n) is 74.8. The molecule has 0 bridgehead atoms. The van der Waals surface area contributed by atoms with Crippen molar-refractivity contribution in [2.24, 2.45) is 0 Å². The van der Waals surface area contributed by atoms with Gasteiger partial charge in [-0.15, -0.1) is 0 Å². The number of pyridine rings is 5. The smallest absolute Gasteiger partial charge is 0.394 e. The number of alkyl halides is 7. The van der Waals surface area contributed by atoms with Crippen LogP contribution in [-0.2, 0) is 65.8 Å². The second-order valence-corrected chi connectivity index (χ2v) is 37.8. The number of piperidine rings is 4. The lowest BCUT2D eigenvalue weighted by atomic mass is 9.83. The van der Waals surface area contributed by atoms with E-state index in [1.807, 2.05) is 126 Å². The van der Waals surface area contributed by atoms with Crippen molar-refractivity contribution in [3.63, 3.8) is 0 Å². The molecule has 7 aromatic carbocycles. The molecule has 2 N–H and O–H groups in total. The molecule has 4 saturated heterocycles. The largest absolute Gasteiger partial charge is 0.480 e. The molecule has 0 saturated carbocycles. The molecule has 4 fully saturated rings. The van der Waals surface area contributed by atoms with Crippen LogP contribution in [0.3, 0.4) is 0 Å². The Morgan fingerprint density at radius 1 is 0.431 bits per heavy atom. The third-order valence-corrected chi connectivity index (χ3v) is 27.1. The van der Waals surface area contributed by atoms with Gasteiger partial charge in [-0.25, -0.2) is 4.39 Å². The number of likely N-dealkylation sites (tertiary alicyclic amines) is 4. The lowest BCUT2D eigenvalue weighted by molar-refractivity contribution is -0.911. The Morgan fingerprint density at radius 2 is 0.796 bits per heavy atom. The van der Waals surface area contributed by atoms with E-state index in [1.54, 1.807) is 73.2 Å². The summed E-state index contributed by atoms with van der Waals surface area (Å²) in [6.07, 6.45) is 2.32. The molecule has 20 rings (SSSR count). The Bertz CT molecular complexity index is 6160. The van der Waals surface area contributed by atoms with Crippen molar-refractivity contribution in [3.8, 4) is 23.0 Å². The van der Waals surface area contributed by atoms with Gasteiger partial charge < -0.3 is 43.0 Å². The molecule has 137 heavy (non-hydrogen) atoms. The van der Waals surface area contributed by atoms with Gasteiger partial charge >= 0.3 is 24.3 Å². The van der Waals surface area contributed by atoms with Crippen LogP contribution < -0.4 is 23.7 Å².